The van der Waals surface area contributed by atoms with E-state index in [9.17, 15) is 0 Å². The highest BCUT2D eigenvalue weighted by Crippen LogP contribution is 2.48. The molecule has 21 heavy (non-hydrogen) atoms. The van der Waals surface area contributed by atoms with Crippen molar-refractivity contribution >= 4 is 0 Å². The molecule has 0 amide bonds. The second kappa shape index (κ2) is 6.52. The minimum absolute atomic E-state index is 0.327. The molecule has 1 heteroatoms. The van der Waals surface area contributed by atoms with E-state index >= 15 is 0 Å². The third kappa shape index (κ3) is 3.69. The van der Waals surface area contributed by atoms with E-state index in [2.05, 4.69) is 56.0 Å². The van der Waals surface area contributed by atoms with Crippen LogP contribution in [0.25, 0.3) is 0 Å². The lowest BCUT2D eigenvalue weighted by atomic mass is 9.64. The van der Waals surface area contributed by atoms with Gasteiger partial charge in [0, 0.05) is 18.1 Å². The van der Waals surface area contributed by atoms with Gasteiger partial charge >= 0.3 is 0 Å². The Morgan fingerprint density at radius 3 is 2.14 bits per heavy atom. The summed E-state index contributed by atoms with van der Waals surface area (Å²) in [6.07, 6.45) is 6.94. The average Bonchev–Trinajstić information content (AvgIpc) is 2.50. The van der Waals surface area contributed by atoms with E-state index in [0.717, 1.165) is 6.04 Å². The van der Waals surface area contributed by atoms with E-state index < -0.39 is 0 Å². The lowest BCUT2D eigenvalue weighted by molar-refractivity contribution is -0.0677. The molecular formula is C20H33N. The van der Waals surface area contributed by atoms with Crippen LogP contribution in [0.4, 0.5) is 0 Å². The molecule has 3 aliphatic rings. The van der Waals surface area contributed by atoms with E-state index in [1.165, 1.54) is 44.2 Å². The van der Waals surface area contributed by atoms with Crippen molar-refractivity contribution in [3.05, 3.63) is 35.9 Å². The number of fused-ring (bicyclic) bond motifs is 3. The summed E-state index contributed by atoms with van der Waals surface area (Å²) in [4.78, 5) is 2.78. The number of piperidine rings is 2. The fourth-order valence-corrected chi connectivity index (χ4v) is 4.22. The SMILES string of the molecule is CC.CC(C)(C)N1CC2(Cc3ccccc3)CCC1CC2. The maximum absolute atomic E-state index is 2.78. The fourth-order valence-electron chi connectivity index (χ4n) is 4.22. The van der Waals surface area contributed by atoms with Gasteiger partial charge < -0.3 is 0 Å². The molecule has 118 valence electrons. The summed E-state index contributed by atoms with van der Waals surface area (Å²) in [7, 11) is 0. The summed E-state index contributed by atoms with van der Waals surface area (Å²) in [5.74, 6) is 0. The van der Waals surface area contributed by atoms with Crippen LogP contribution in [-0.2, 0) is 6.42 Å². The minimum atomic E-state index is 0.327. The number of benzene rings is 1. The van der Waals surface area contributed by atoms with Gasteiger partial charge in [-0.15, -0.1) is 0 Å². The summed E-state index contributed by atoms with van der Waals surface area (Å²) >= 11 is 0. The predicted octanol–water partition coefficient (Wildman–Crippen LogP) is 5.30. The van der Waals surface area contributed by atoms with E-state index in [4.69, 9.17) is 0 Å². The van der Waals surface area contributed by atoms with Gasteiger partial charge in [0.1, 0.15) is 0 Å². The second-order valence-electron chi connectivity index (χ2n) is 7.69. The third-order valence-electron chi connectivity index (χ3n) is 5.25. The van der Waals surface area contributed by atoms with Gasteiger partial charge in [0.2, 0.25) is 0 Å². The molecule has 1 aliphatic carbocycles. The van der Waals surface area contributed by atoms with Crippen molar-refractivity contribution in [3.63, 3.8) is 0 Å². The molecule has 2 saturated heterocycles. The van der Waals surface area contributed by atoms with E-state index in [1.54, 1.807) is 0 Å². The first kappa shape index (κ1) is 16.5. The van der Waals surface area contributed by atoms with Crippen molar-refractivity contribution in [1.29, 1.82) is 0 Å². The number of rotatable bonds is 2. The Hall–Kier alpha value is -0.820. The molecule has 3 fully saturated rings. The smallest absolute Gasteiger partial charge is 0.0128 e. The Balaban J connectivity index is 0.000000774. The summed E-state index contributed by atoms with van der Waals surface area (Å²) in [6.45, 7) is 12.4. The van der Waals surface area contributed by atoms with Gasteiger partial charge in [-0.05, 0) is 63.9 Å². The molecule has 2 heterocycles. The van der Waals surface area contributed by atoms with Crippen LogP contribution in [0.5, 0.6) is 0 Å². The summed E-state index contributed by atoms with van der Waals surface area (Å²) < 4.78 is 0. The van der Waals surface area contributed by atoms with Crippen molar-refractivity contribution in [2.75, 3.05) is 6.54 Å². The van der Waals surface area contributed by atoms with Gasteiger partial charge in [0.05, 0.1) is 0 Å². The molecule has 0 unspecified atom stereocenters. The molecule has 0 spiro atoms. The van der Waals surface area contributed by atoms with E-state index in [0.29, 0.717) is 11.0 Å². The van der Waals surface area contributed by atoms with Gasteiger partial charge in [-0.3, -0.25) is 4.90 Å². The first-order chi connectivity index (χ1) is 9.99. The van der Waals surface area contributed by atoms with Crippen molar-refractivity contribution in [3.8, 4) is 0 Å². The van der Waals surface area contributed by atoms with Crippen molar-refractivity contribution in [2.24, 2.45) is 5.41 Å². The normalized spacial score (nSPS) is 28.9. The average molecular weight is 287 g/mol. The van der Waals surface area contributed by atoms with Crippen LogP contribution >= 0.6 is 0 Å². The van der Waals surface area contributed by atoms with E-state index in [1.807, 2.05) is 13.8 Å². The topological polar surface area (TPSA) is 3.24 Å². The molecule has 0 radical (unpaired) electrons. The molecule has 4 rings (SSSR count). The summed E-state index contributed by atoms with van der Waals surface area (Å²) in [5.41, 5.74) is 2.40. The van der Waals surface area contributed by atoms with Crippen LogP contribution in [-0.4, -0.2) is 23.0 Å². The molecule has 0 atom stereocenters. The number of hydrogen-bond acceptors (Lipinski definition) is 1. The highest BCUT2D eigenvalue weighted by atomic mass is 15.2. The highest BCUT2D eigenvalue weighted by molar-refractivity contribution is 5.18. The second-order valence-corrected chi connectivity index (χ2v) is 7.69. The van der Waals surface area contributed by atoms with Crippen molar-refractivity contribution in [2.45, 2.75) is 78.3 Å². The maximum Gasteiger partial charge on any atom is 0.0128 e. The quantitative estimate of drug-likeness (QED) is 0.713. The lowest BCUT2D eigenvalue weighted by Gasteiger charge is -2.57. The largest absolute Gasteiger partial charge is 0.295 e. The van der Waals surface area contributed by atoms with Gasteiger partial charge in [0.25, 0.3) is 0 Å². The minimum Gasteiger partial charge on any atom is -0.295 e. The number of nitrogens with zero attached hydrogens (tertiary/aromatic N) is 1. The number of hydrogen-bond donors (Lipinski definition) is 0. The molecule has 1 saturated carbocycles. The Morgan fingerprint density at radius 2 is 1.62 bits per heavy atom. The first-order valence-corrected chi connectivity index (χ1v) is 8.79. The zero-order chi connectivity index (χ0) is 15.5. The molecule has 0 aromatic heterocycles. The van der Waals surface area contributed by atoms with Crippen LogP contribution in [0, 0.1) is 5.41 Å². The van der Waals surface area contributed by atoms with Crippen LogP contribution in [0.2, 0.25) is 0 Å². The highest BCUT2D eigenvalue weighted by Gasteiger charge is 2.47. The monoisotopic (exact) mass is 287 g/mol. The standard InChI is InChI=1S/C18H27N.C2H6/c1-17(2,3)19-14-18(11-9-16(19)10-12-18)13-15-7-5-4-6-8-15;1-2/h4-8,16H,9-14H2,1-3H3;1-2H3. The maximum atomic E-state index is 2.78. The fraction of sp³-hybridized carbons (Fsp3) is 0.700. The third-order valence-corrected chi connectivity index (χ3v) is 5.25. The molecule has 1 aromatic rings. The van der Waals surface area contributed by atoms with E-state index in [-0.39, 0.29) is 0 Å². The van der Waals surface area contributed by atoms with Crippen LogP contribution in [0.1, 0.15) is 65.9 Å². The Kier molecular flexibility index (Phi) is 5.14. The Labute approximate surface area is 131 Å². The summed E-state index contributed by atoms with van der Waals surface area (Å²) in [5, 5.41) is 0. The van der Waals surface area contributed by atoms with Gasteiger partial charge in [0.15, 0.2) is 0 Å². The molecule has 0 N–H and O–H groups in total. The molecular weight excluding hydrogens is 254 g/mol. The van der Waals surface area contributed by atoms with Crippen molar-refractivity contribution in [1.82, 2.24) is 4.90 Å². The first-order valence-electron chi connectivity index (χ1n) is 8.79. The van der Waals surface area contributed by atoms with Crippen LogP contribution < -0.4 is 0 Å². The Bertz CT molecular complexity index is 421. The molecule has 2 aliphatic heterocycles. The van der Waals surface area contributed by atoms with Crippen LogP contribution in [0.3, 0.4) is 0 Å². The van der Waals surface area contributed by atoms with Gasteiger partial charge in [-0.1, -0.05) is 44.2 Å². The van der Waals surface area contributed by atoms with Gasteiger partial charge in [-0.25, -0.2) is 0 Å². The molecule has 2 bridgehead atoms. The lowest BCUT2D eigenvalue weighted by Crippen LogP contribution is -2.60. The molecule has 1 aromatic carbocycles. The van der Waals surface area contributed by atoms with Crippen LogP contribution in [0.15, 0.2) is 30.3 Å². The predicted molar refractivity (Wildman–Crippen MR) is 92.6 cm³/mol. The zero-order valence-electron chi connectivity index (χ0n) is 14.7. The zero-order valence-corrected chi connectivity index (χ0v) is 14.7. The summed E-state index contributed by atoms with van der Waals surface area (Å²) in [6, 6.07) is 11.9. The Morgan fingerprint density at radius 1 is 1.05 bits per heavy atom. The van der Waals surface area contributed by atoms with Crippen molar-refractivity contribution < 1.29 is 0 Å². The molecule has 1 nitrogen and oxygen atoms in total. The van der Waals surface area contributed by atoms with Gasteiger partial charge in [-0.2, -0.15) is 0 Å².